The van der Waals surface area contributed by atoms with E-state index in [0.717, 1.165) is 19.3 Å². The van der Waals surface area contributed by atoms with E-state index in [1.165, 1.54) is 0 Å². The van der Waals surface area contributed by atoms with Crippen molar-refractivity contribution in [1.29, 1.82) is 0 Å². The predicted molar refractivity (Wildman–Crippen MR) is 55.8 cm³/mol. The third kappa shape index (κ3) is 18.4. The lowest BCUT2D eigenvalue weighted by Crippen LogP contribution is -2.02. The number of unbranched alkanes of at least 4 members (excludes halogenated alkanes) is 2. The first-order chi connectivity index (χ1) is 6.22. The molecule has 0 unspecified atom stereocenters. The van der Waals surface area contributed by atoms with E-state index >= 15 is 0 Å². The number of rotatable bonds is 5. The Balaban J connectivity index is 0. The van der Waals surface area contributed by atoms with Crippen molar-refractivity contribution in [3.63, 3.8) is 0 Å². The minimum atomic E-state index is -0.0593. The minimum absolute atomic E-state index is 0.0593. The second-order valence-electron chi connectivity index (χ2n) is 2.76. The van der Waals surface area contributed by atoms with E-state index < -0.39 is 0 Å². The van der Waals surface area contributed by atoms with Gasteiger partial charge >= 0.3 is 5.97 Å². The van der Waals surface area contributed by atoms with Gasteiger partial charge < -0.3 is 10.1 Å². The quantitative estimate of drug-likeness (QED) is 0.531. The molecule has 3 heteroatoms. The highest BCUT2D eigenvalue weighted by Gasteiger charge is 1.98. The molecule has 0 aromatic carbocycles. The Bertz CT molecular complexity index is 105. The molecule has 0 saturated carbocycles. The van der Waals surface area contributed by atoms with Gasteiger partial charge in [-0.25, -0.2) is 0 Å². The smallest absolute Gasteiger partial charge is 0.305 e. The molecule has 1 N–H and O–H groups in total. The Kier molecular flexibility index (Phi) is 16.1. The lowest BCUT2D eigenvalue weighted by atomic mass is 10.2. The maximum atomic E-state index is 10.7. The van der Waals surface area contributed by atoms with Crippen LogP contribution in [0.1, 0.15) is 39.5 Å². The molecule has 0 fully saturated rings. The van der Waals surface area contributed by atoms with Crippen LogP contribution in [0.15, 0.2) is 0 Å². The van der Waals surface area contributed by atoms with Gasteiger partial charge in [-0.15, -0.1) is 0 Å². The Hall–Kier alpha value is -0.570. The van der Waals surface area contributed by atoms with Crippen LogP contribution in [0.5, 0.6) is 0 Å². The number of esters is 1. The first-order valence-corrected chi connectivity index (χ1v) is 4.96. The van der Waals surface area contributed by atoms with Crippen LogP contribution in [0.25, 0.3) is 0 Å². The number of nitrogens with one attached hydrogen (secondary N) is 1. The van der Waals surface area contributed by atoms with Crippen molar-refractivity contribution < 1.29 is 9.53 Å². The average Bonchev–Trinajstić information content (AvgIpc) is 2.07. The summed E-state index contributed by atoms with van der Waals surface area (Å²) in [5.41, 5.74) is 0. The zero-order chi connectivity index (χ0) is 10.5. The maximum absolute atomic E-state index is 10.7. The second-order valence-corrected chi connectivity index (χ2v) is 2.76. The molecule has 0 rings (SSSR count). The van der Waals surface area contributed by atoms with Crippen molar-refractivity contribution in [2.75, 3.05) is 20.7 Å². The molecular formula is C10H23NO2. The third-order valence-electron chi connectivity index (χ3n) is 1.29. The van der Waals surface area contributed by atoms with Crippen LogP contribution >= 0.6 is 0 Å². The molecule has 0 spiro atoms. The van der Waals surface area contributed by atoms with Crippen LogP contribution < -0.4 is 5.32 Å². The van der Waals surface area contributed by atoms with Gasteiger partial charge in [-0.05, 0) is 27.4 Å². The largest absolute Gasteiger partial charge is 0.466 e. The standard InChI is InChI=1S/C8H16O2.C2H7N/c1-3-5-6-7-8(9)10-4-2;1-3-2/h3-7H2,1-2H3;3H,1-2H3. The first kappa shape index (κ1) is 14.9. The summed E-state index contributed by atoms with van der Waals surface area (Å²) in [5, 5.41) is 2.75. The summed E-state index contributed by atoms with van der Waals surface area (Å²) in [6.07, 6.45) is 3.83. The number of carbonyl (C=O) groups is 1. The maximum Gasteiger partial charge on any atom is 0.305 e. The Morgan fingerprint density at radius 2 is 1.77 bits per heavy atom. The van der Waals surface area contributed by atoms with Crippen LogP contribution in [-0.4, -0.2) is 26.7 Å². The predicted octanol–water partition coefficient (Wildman–Crippen LogP) is 1.97. The lowest BCUT2D eigenvalue weighted by molar-refractivity contribution is -0.143. The van der Waals surface area contributed by atoms with Crippen LogP contribution in [0, 0.1) is 0 Å². The number of hydrogen-bond donors (Lipinski definition) is 1. The van der Waals surface area contributed by atoms with E-state index in [4.69, 9.17) is 4.74 Å². The van der Waals surface area contributed by atoms with Crippen molar-refractivity contribution in [3.8, 4) is 0 Å². The zero-order valence-electron chi connectivity index (χ0n) is 9.35. The van der Waals surface area contributed by atoms with Crippen LogP contribution in [0.3, 0.4) is 0 Å². The molecule has 80 valence electrons. The van der Waals surface area contributed by atoms with Gasteiger partial charge in [-0.1, -0.05) is 19.8 Å². The summed E-state index contributed by atoms with van der Waals surface area (Å²) in [5.74, 6) is -0.0593. The summed E-state index contributed by atoms with van der Waals surface area (Å²) in [6, 6.07) is 0. The molecule has 0 amide bonds. The highest BCUT2D eigenvalue weighted by atomic mass is 16.5. The second kappa shape index (κ2) is 14.0. The van der Waals surface area contributed by atoms with Gasteiger partial charge in [0.1, 0.15) is 0 Å². The van der Waals surface area contributed by atoms with E-state index in [0.29, 0.717) is 13.0 Å². The van der Waals surface area contributed by atoms with Gasteiger partial charge in [-0.3, -0.25) is 4.79 Å². The van der Waals surface area contributed by atoms with Crippen molar-refractivity contribution in [1.82, 2.24) is 5.32 Å². The Morgan fingerprint density at radius 1 is 1.23 bits per heavy atom. The summed E-state index contributed by atoms with van der Waals surface area (Å²) < 4.78 is 4.75. The summed E-state index contributed by atoms with van der Waals surface area (Å²) in [7, 11) is 3.75. The summed E-state index contributed by atoms with van der Waals surface area (Å²) in [4.78, 5) is 10.7. The fraction of sp³-hybridized carbons (Fsp3) is 0.900. The van der Waals surface area contributed by atoms with Crippen molar-refractivity contribution in [2.24, 2.45) is 0 Å². The van der Waals surface area contributed by atoms with Crippen molar-refractivity contribution >= 4 is 5.97 Å². The monoisotopic (exact) mass is 189 g/mol. The number of hydrogen-bond acceptors (Lipinski definition) is 3. The van der Waals surface area contributed by atoms with E-state index in [2.05, 4.69) is 12.2 Å². The highest BCUT2D eigenvalue weighted by molar-refractivity contribution is 5.69. The minimum Gasteiger partial charge on any atom is -0.466 e. The molecule has 0 aromatic rings. The van der Waals surface area contributed by atoms with Crippen LogP contribution in [0.2, 0.25) is 0 Å². The molecule has 0 aliphatic rings. The average molecular weight is 189 g/mol. The van der Waals surface area contributed by atoms with Gasteiger partial charge in [0.15, 0.2) is 0 Å². The molecule has 0 aliphatic heterocycles. The van der Waals surface area contributed by atoms with Gasteiger partial charge in [-0.2, -0.15) is 0 Å². The summed E-state index contributed by atoms with van der Waals surface area (Å²) >= 11 is 0. The fourth-order valence-corrected chi connectivity index (χ4v) is 0.752. The van der Waals surface area contributed by atoms with E-state index in [1.807, 2.05) is 21.0 Å². The SMILES string of the molecule is CCCCCC(=O)OCC.CNC. The third-order valence-corrected chi connectivity index (χ3v) is 1.29. The molecule has 0 radical (unpaired) electrons. The Labute approximate surface area is 81.9 Å². The molecule has 13 heavy (non-hydrogen) atoms. The molecular weight excluding hydrogens is 166 g/mol. The molecule has 0 aromatic heterocycles. The fourth-order valence-electron chi connectivity index (χ4n) is 0.752. The van der Waals surface area contributed by atoms with Crippen molar-refractivity contribution in [3.05, 3.63) is 0 Å². The first-order valence-electron chi connectivity index (χ1n) is 4.96. The van der Waals surface area contributed by atoms with Gasteiger partial charge in [0.2, 0.25) is 0 Å². The van der Waals surface area contributed by atoms with Crippen molar-refractivity contribution in [2.45, 2.75) is 39.5 Å². The molecule has 3 nitrogen and oxygen atoms in total. The number of ether oxygens (including phenoxy) is 1. The molecule has 0 aliphatic carbocycles. The Morgan fingerprint density at radius 3 is 2.15 bits per heavy atom. The highest BCUT2D eigenvalue weighted by Crippen LogP contribution is 1.99. The van der Waals surface area contributed by atoms with Crippen LogP contribution in [-0.2, 0) is 9.53 Å². The van der Waals surface area contributed by atoms with E-state index in [9.17, 15) is 4.79 Å². The molecule has 0 heterocycles. The van der Waals surface area contributed by atoms with Gasteiger partial charge in [0.05, 0.1) is 6.61 Å². The zero-order valence-corrected chi connectivity index (χ0v) is 9.35. The molecule has 0 bridgehead atoms. The molecule has 0 atom stereocenters. The van der Waals surface area contributed by atoms with Gasteiger partial charge in [0, 0.05) is 6.42 Å². The molecule has 0 saturated heterocycles. The van der Waals surface area contributed by atoms with Gasteiger partial charge in [0.25, 0.3) is 0 Å². The van der Waals surface area contributed by atoms with E-state index in [1.54, 1.807) is 0 Å². The normalized spacial score (nSPS) is 8.62. The van der Waals surface area contributed by atoms with Crippen LogP contribution in [0.4, 0.5) is 0 Å². The summed E-state index contributed by atoms with van der Waals surface area (Å²) in [6.45, 7) is 4.45. The number of carbonyl (C=O) groups excluding carboxylic acids is 1. The van der Waals surface area contributed by atoms with E-state index in [-0.39, 0.29) is 5.97 Å². The lowest BCUT2D eigenvalue weighted by Gasteiger charge is -1.99. The topological polar surface area (TPSA) is 38.3 Å².